The van der Waals surface area contributed by atoms with Crippen molar-refractivity contribution in [3.05, 3.63) is 0 Å². The molecule has 0 amide bonds. The van der Waals surface area contributed by atoms with Crippen molar-refractivity contribution in [3.8, 4) is 0 Å². The Kier molecular flexibility index (Phi) is 24.9. The molecule has 1 atom stereocenters. The summed E-state index contributed by atoms with van der Waals surface area (Å²) >= 11 is 0. The number of aldehydes is 1. The summed E-state index contributed by atoms with van der Waals surface area (Å²) in [5.74, 6) is 0. The van der Waals surface area contributed by atoms with E-state index in [1.807, 2.05) is 46.8 Å². The molecule has 3 nitrogen and oxygen atoms in total. The van der Waals surface area contributed by atoms with E-state index in [9.17, 15) is 4.79 Å². The molecular weight excluding hydrogens is 166 g/mol. The molecule has 0 saturated carbocycles. The van der Waals surface area contributed by atoms with Gasteiger partial charge in [0.2, 0.25) is 0 Å². The molecule has 0 rings (SSSR count). The average Bonchev–Trinajstić information content (AvgIpc) is 2.07. The van der Waals surface area contributed by atoms with Gasteiger partial charge in [-0.3, -0.25) is 0 Å². The van der Waals surface area contributed by atoms with E-state index in [1.54, 1.807) is 6.92 Å². The number of hydrogen-bond acceptors (Lipinski definition) is 3. The van der Waals surface area contributed by atoms with Crippen molar-refractivity contribution in [2.24, 2.45) is 0 Å². The largest absolute Gasteiger partial charge is 0.371 e. The third kappa shape index (κ3) is 50.6. The molecule has 82 valence electrons. The Hall–Kier alpha value is -0.410. The minimum atomic E-state index is -0.231. The molecule has 0 saturated heterocycles. The number of carbonyl (C=O) groups is 1. The second-order valence-electron chi connectivity index (χ2n) is 2.64. The van der Waals surface area contributed by atoms with Gasteiger partial charge < -0.3 is 14.4 Å². The lowest BCUT2D eigenvalue weighted by atomic mass is 10.5. The monoisotopic (exact) mass is 191 g/mol. The van der Waals surface area contributed by atoms with Crippen molar-refractivity contribution in [1.29, 1.82) is 0 Å². The fourth-order valence-corrected chi connectivity index (χ4v) is 0.302. The smallest absolute Gasteiger partial charge is 0.148 e. The van der Waals surface area contributed by atoms with Gasteiger partial charge in [0.15, 0.2) is 0 Å². The number of ether oxygens (including phenoxy) is 1. The van der Waals surface area contributed by atoms with Gasteiger partial charge in [-0.05, 0) is 35.0 Å². The topological polar surface area (TPSA) is 29.5 Å². The first kappa shape index (κ1) is 18.4. The highest BCUT2D eigenvalue weighted by Crippen LogP contribution is 1.81. The Morgan fingerprint density at radius 3 is 1.69 bits per heavy atom. The summed E-state index contributed by atoms with van der Waals surface area (Å²) in [5, 5.41) is 0. The zero-order valence-electron chi connectivity index (χ0n) is 10.1. The summed E-state index contributed by atoms with van der Waals surface area (Å²) in [4.78, 5) is 11.8. The van der Waals surface area contributed by atoms with Crippen LogP contribution >= 0.6 is 0 Å². The van der Waals surface area contributed by atoms with Crippen LogP contribution < -0.4 is 0 Å². The Morgan fingerprint density at radius 2 is 1.62 bits per heavy atom. The summed E-state index contributed by atoms with van der Waals surface area (Å²) < 4.78 is 4.82. The quantitative estimate of drug-likeness (QED) is 0.637. The molecule has 0 radical (unpaired) electrons. The second kappa shape index (κ2) is 17.6. The second-order valence-corrected chi connectivity index (χ2v) is 2.64. The van der Waals surface area contributed by atoms with Crippen molar-refractivity contribution >= 4 is 6.29 Å². The number of hydrogen-bond donors (Lipinski definition) is 0. The van der Waals surface area contributed by atoms with Crippen LogP contribution in [0, 0.1) is 0 Å². The summed E-state index contributed by atoms with van der Waals surface area (Å²) in [7, 11) is 6.00. The summed E-state index contributed by atoms with van der Waals surface area (Å²) in [5.41, 5.74) is 0. The lowest BCUT2D eigenvalue weighted by molar-refractivity contribution is -0.116. The van der Waals surface area contributed by atoms with E-state index in [2.05, 4.69) is 0 Å². The van der Waals surface area contributed by atoms with Gasteiger partial charge in [-0.15, -0.1) is 0 Å². The highest BCUT2D eigenvalue weighted by atomic mass is 16.5. The molecule has 0 fully saturated rings. The molecule has 0 spiro atoms. The van der Waals surface area contributed by atoms with Crippen molar-refractivity contribution in [3.63, 3.8) is 0 Å². The van der Waals surface area contributed by atoms with Gasteiger partial charge in [0.05, 0.1) is 0 Å². The van der Waals surface area contributed by atoms with Crippen molar-refractivity contribution in [2.45, 2.75) is 33.8 Å². The van der Waals surface area contributed by atoms with Crippen LogP contribution in [0.3, 0.4) is 0 Å². The van der Waals surface area contributed by atoms with Gasteiger partial charge in [0.25, 0.3) is 0 Å². The molecule has 0 aromatic carbocycles. The lowest BCUT2D eigenvalue weighted by Gasteiger charge is -1.99. The van der Waals surface area contributed by atoms with Crippen LogP contribution in [0.15, 0.2) is 0 Å². The third-order valence-corrected chi connectivity index (χ3v) is 0.621. The zero-order valence-corrected chi connectivity index (χ0v) is 10.1. The van der Waals surface area contributed by atoms with Crippen LogP contribution in [0.1, 0.15) is 27.7 Å². The Labute approximate surface area is 83.1 Å². The minimum Gasteiger partial charge on any atom is -0.371 e. The van der Waals surface area contributed by atoms with E-state index in [4.69, 9.17) is 4.74 Å². The maximum Gasteiger partial charge on any atom is 0.148 e. The molecule has 0 heterocycles. The van der Waals surface area contributed by atoms with Gasteiger partial charge >= 0.3 is 0 Å². The summed E-state index contributed by atoms with van der Waals surface area (Å²) in [6, 6.07) is 0. The van der Waals surface area contributed by atoms with Gasteiger partial charge in [-0.25, -0.2) is 0 Å². The van der Waals surface area contributed by atoms with E-state index in [0.717, 1.165) is 6.29 Å². The first-order chi connectivity index (χ1) is 6.04. The predicted octanol–water partition coefficient (Wildman–Crippen LogP) is 1.81. The van der Waals surface area contributed by atoms with E-state index in [0.29, 0.717) is 6.61 Å². The van der Waals surface area contributed by atoms with Crippen LogP contribution in [0.25, 0.3) is 0 Å². The molecule has 0 aromatic heterocycles. The van der Waals surface area contributed by atoms with E-state index < -0.39 is 0 Å². The standard InChI is InChI=1S/C5H10O2.C3H9N.C2H6/c1-3-7-5(2)4-6;1-4(2)3;1-2/h4-5H,3H2,1-2H3;1-3H3;1-2H3. The number of rotatable bonds is 3. The number of carbonyl (C=O) groups excluding carboxylic acids is 1. The van der Waals surface area contributed by atoms with Crippen LogP contribution in [0.4, 0.5) is 0 Å². The molecule has 0 aliphatic carbocycles. The fraction of sp³-hybridized carbons (Fsp3) is 0.900. The van der Waals surface area contributed by atoms with E-state index >= 15 is 0 Å². The van der Waals surface area contributed by atoms with E-state index in [-0.39, 0.29) is 6.10 Å². The third-order valence-electron chi connectivity index (χ3n) is 0.621. The Morgan fingerprint density at radius 1 is 1.31 bits per heavy atom. The maximum absolute atomic E-state index is 9.77. The lowest BCUT2D eigenvalue weighted by Crippen LogP contribution is -2.07. The summed E-state index contributed by atoms with van der Waals surface area (Å²) in [6.07, 6.45) is 0.550. The normalized spacial score (nSPS) is 10.5. The minimum absolute atomic E-state index is 0.231. The Bertz CT molecular complexity index is 82.2. The Balaban J connectivity index is -0.000000142. The molecule has 0 bridgehead atoms. The molecule has 0 aliphatic rings. The molecule has 1 unspecified atom stereocenters. The molecule has 0 aromatic rings. The highest BCUT2D eigenvalue weighted by Gasteiger charge is 1.92. The maximum atomic E-state index is 9.77. The molecule has 0 N–H and O–H groups in total. The van der Waals surface area contributed by atoms with Crippen LogP contribution in [0.2, 0.25) is 0 Å². The SMILES string of the molecule is CC.CCOC(C)C=O.CN(C)C. The molecule has 13 heavy (non-hydrogen) atoms. The van der Waals surface area contributed by atoms with Crippen LogP contribution in [-0.2, 0) is 9.53 Å². The van der Waals surface area contributed by atoms with Crippen molar-refractivity contribution in [1.82, 2.24) is 4.90 Å². The zero-order chi connectivity index (χ0) is 11.3. The molecular formula is C10H25NO2. The average molecular weight is 191 g/mol. The molecule has 3 heteroatoms. The van der Waals surface area contributed by atoms with E-state index in [1.165, 1.54) is 0 Å². The highest BCUT2D eigenvalue weighted by molar-refractivity contribution is 5.54. The first-order valence-electron chi connectivity index (χ1n) is 4.72. The first-order valence-corrected chi connectivity index (χ1v) is 4.72. The van der Waals surface area contributed by atoms with Crippen LogP contribution in [0.5, 0.6) is 0 Å². The van der Waals surface area contributed by atoms with Gasteiger partial charge in [0, 0.05) is 6.61 Å². The van der Waals surface area contributed by atoms with Gasteiger partial charge in [-0.2, -0.15) is 0 Å². The number of nitrogens with zero attached hydrogens (tertiary/aromatic N) is 1. The van der Waals surface area contributed by atoms with Gasteiger partial charge in [0.1, 0.15) is 12.4 Å². The van der Waals surface area contributed by atoms with Crippen molar-refractivity contribution in [2.75, 3.05) is 27.7 Å². The van der Waals surface area contributed by atoms with Crippen molar-refractivity contribution < 1.29 is 9.53 Å². The predicted molar refractivity (Wildman–Crippen MR) is 58.1 cm³/mol. The fourth-order valence-electron chi connectivity index (χ4n) is 0.302. The van der Waals surface area contributed by atoms with Gasteiger partial charge in [-0.1, -0.05) is 13.8 Å². The summed E-state index contributed by atoms with van der Waals surface area (Å²) in [6.45, 7) is 8.19. The molecule has 0 aliphatic heterocycles. The van der Waals surface area contributed by atoms with Crippen LogP contribution in [-0.4, -0.2) is 45.0 Å².